The van der Waals surface area contributed by atoms with Crippen LogP contribution in [0.5, 0.6) is 0 Å². The molecule has 0 saturated carbocycles. The molecule has 3 nitrogen and oxygen atoms in total. The molecule has 0 atom stereocenters. The highest BCUT2D eigenvalue weighted by molar-refractivity contribution is 5.98. The minimum atomic E-state index is -4.42. The molecule has 1 aliphatic carbocycles. The highest BCUT2D eigenvalue weighted by Gasteiger charge is 2.31. The molecule has 0 amide bonds. The fourth-order valence-electron chi connectivity index (χ4n) is 3.90. The molecule has 0 saturated heterocycles. The van der Waals surface area contributed by atoms with Crippen molar-refractivity contribution in [3.8, 4) is 11.3 Å². The van der Waals surface area contributed by atoms with E-state index in [0.717, 1.165) is 45.5 Å². The summed E-state index contributed by atoms with van der Waals surface area (Å²) < 4.78 is 39.9. The van der Waals surface area contributed by atoms with Gasteiger partial charge in [0.25, 0.3) is 0 Å². The van der Waals surface area contributed by atoms with Crippen LogP contribution in [0.3, 0.4) is 0 Å². The Labute approximate surface area is 171 Å². The van der Waals surface area contributed by atoms with Gasteiger partial charge in [-0.15, -0.1) is 0 Å². The molecule has 30 heavy (non-hydrogen) atoms. The minimum absolute atomic E-state index is 0.448. The van der Waals surface area contributed by atoms with Crippen LogP contribution < -0.4 is 0 Å². The number of alkyl halides is 3. The van der Waals surface area contributed by atoms with Gasteiger partial charge in [-0.1, -0.05) is 18.2 Å². The number of pyridine rings is 3. The van der Waals surface area contributed by atoms with Crippen molar-refractivity contribution < 1.29 is 13.2 Å². The van der Waals surface area contributed by atoms with Gasteiger partial charge in [0, 0.05) is 35.3 Å². The number of hydrogen-bond acceptors (Lipinski definition) is 3. The van der Waals surface area contributed by atoms with Crippen LogP contribution in [0.4, 0.5) is 13.2 Å². The molecule has 3 aromatic heterocycles. The number of nitrogens with zero attached hydrogens (tertiary/aromatic N) is 3. The molecular formula is C24H16F3N3. The molecule has 0 radical (unpaired) electrons. The number of rotatable bonds is 2. The highest BCUT2D eigenvalue weighted by Crippen LogP contribution is 2.38. The Balaban J connectivity index is 1.76. The third-order valence-corrected chi connectivity index (χ3v) is 5.40. The average Bonchev–Trinajstić information content (AvgIpc) is 3.16. The second kappa shape index (κ2) is 6.76. The van der Waals surface area contributed by atoms with E-state index in [2.05, 4.69) is 21.0 Å². The molecule has 0 N–H and O–H groups in total. The normalized spacial score (nSPS) is 13.4. The molecule has 148 valence electrons. The first kappa shape index (κ1) is 18.5. The molecule has 0 aliphatic heterocycles. The standard InChI is InChI=1S/C24H16F3N3/c1-14-6-7-15(24(25,26)27)12-19(14)22-13-20(18-5-3-11-29-23(18)30-22)16-8-9-21-17(16)4-2-10-28-21/h2-8,10-13H,9H2,1H3. The van der Waals surface area contributed by atoms with Crippen LogP contribution in [0.25, 0.3) is 27.9 Å². The number of aryl methyl sites for hydroxylation is 1. The van der Waals surface area contributed by atoms with E-state index in [9.17, 15) is 13.2 Å². The maximum atomic E-state index is 13.3. The lowest BCUT2D eigenvalue weighted by Crippen LogP contribution is -2.05. The van der Waals surface area contributed by atoms with Crippen LogP contribution >= 0.6 is 0 Å². The van der Waals surface area contributed by atoms with Crippen molar-refractivity contribution in [2.45, 2.75) is 19.5 Å². The lowest BCUT2D eigenvalue weighted by Gasteiger charge is -2.14. The van der Waals surface area contributed by atoms with Gasteiger partial charge in [-0.2, -0.15) is 13.2 Å². The number of aromatic nitrogens is 3. The summed E-state index contributed by atoms with van der Waals surface area (Å²) in [7, 11) is 0. The van der Waals surface area contributed by atoms with Crippen molar-refractivity contribution in [2.75, 3.05) is 0 Å². The van der Waals surface area contributed by atoms with Crippen LogP contribution in [0.2, 0.25) is 0 Å². The zero-order valence-corrected chi connectivity index (χ0v) is 16.0. The highest BCUT2D eigenvalue weighted by atomic mass is 19.4. The van der Waals surface area contributed by atoms with Crippen LogP contribution in [-0.4, -0.2) is 15.0 Å². The van der Waals surface area contributed by atoms with E-state index in [1.54, 1.807) is 19.3 Å². The number of fused-ring (bicyclic) bond motifs is 2. The summed E-state index contributed by atoms with van der Waals surface area (Å²) in [6, 6.07) is 13.3. The van der Waals surface area contributed by atoms with E-state index in [4.69, 9.17) is 0 Å². The van der Waals surface area contributed by atoms with Gasteiger partial charge < -0.3 is 0 Å². The van der Waals surface area contributed by atoms with Crippen molar-refractivity contribution in [1.82, 2.24) is 15.0 Å². The summed E-state index contributed by atoms with van der Waals surface area (Å²) in [5.74, 6) is 0. The topological polar surface area (TPSA) is 38.7 Å². The Morgan fingerprint density at radius 3 is 2.50 bits per heavy atom. The maximum absolute atomic E-state index is 13.3. The zero-order chi connectivity index (χ0) is 20.9. The quantitative estimate of drug-likeness (QED) is 0.412. The number of hydrogen-bond donors (Lipinski definition) is 0. The second-order valence-corrected chi connectivity index (χ2v) is 7.28. The Morgan fingerprint density at radius 2 is 1.67 bits per heavy atom. The van der Waals surface area contributed by atoms with Crippen LogP contribution in [0.1, 0.15) is 27.9 Å². The van der Waals surface area contributed by atoms with Crippen molar-refractivity contribution in [3.05, 3.63) is 94.9 Å². The van der Waals surface area contributed by atoms with Gasteiger partial charge in [-0.25, -0.2) is 9.97 Å². The van der Waals surface area contributed by atoms with Gasteiger partial charge in [-0.05, 0) is 60.0 Å². The molecule has 5 rings (SSSR count). The molecular weight excluding hydrogens is 387 g/mol. The fraction of sp³-hybridized carbons (Fsp3) is 0.125. The predicted octanol–water partition coefficient (Wildman–Crippen LogP) is 6.01. The van der Waals surface area contributed by atoms with Gasteiger partial charge in [0.15, 0.2) is 5.65 Å². The van der Waals surface area contributed by atoms with E-state index >= 15 is 0 Å². The average molecular weight is 403 g/mol. The van der Waals surface area contributed by atoms with E-state index in [0.29, 0.717) is 23.3 Å². The summed E-state index contributed by atoms with van der Waals surface area (Å²) in [6.45, 7) is 1.79. The van der Waals surface area contributed by atoms with Gasteiger partial charge in [0.2, 0.25) is 0 Å². The van der Waals surface area contributed by atoms with Crippen molar-refractivity contribution >= 4 is 16.6 Å². The van der Waals surface area contributed by atoms with E-state index in [-0.39, 0.29) is 0 Å². The van der Waals surface area contributed by atoms with Crippen LogP contribution in [0, 0.1) is 6.92 Å². The van der Waals surface area contributed by atoms with Gasteiger partial charge in [0.05, 0.1) is 17.0 Å². The number of allylic oxidation sites excluding steroid dienone is 1. The fourth-order valence-corrected chi connectivity index (χ4v) is 3.90. The molecule has 3 heterocycles. The monoisotopic (exact) mass is 403 g/mol. The minimum Gasteiger partial charge on any atom is -0.260 e. The number of halogens is 3. The molecule has 4 aromatic rings. The van der Waals surface area contributed by atoms with E-state index in [1.165, 1.54) is 6.07 Å². The van der Waals surface area contributed by atoms with Crippen molar-refractivity contribution in [3.63, 3.8) is 0 Å². The summed E-state index contributed by atoms with van der Waals surface area (Å²) in [4.78, 5) is 13.4. The van der Waals surface area contributed by atoms with Crippen LogP contribution in [0.15, 0.2) is 67.0 Å². The van der Waals surface area contributed by atoms with Crippen molar-refractivity contribution in [2.24, 2.45) is 0 Å². The maximum Gasteiger partial charge on any atom is 0.416 e. The third-order valence-electron chi connectivity index (χ3n) is 5.40. The Morgan fingerprint density at radius 1 is 0.867 bits per heavy atom. The summed E-state index contributed by atoms with van der Waals surface area (Å²) in [6.07, 6.45) is 1.80. The summed E-state index contributed by atoms with van der Waals surface area (Å²) in [5, 5.41) is 0.855. The van der Waals surface area contributed by atoms with Gasteiger partial charge in [0.1, 0.15) is 0 Å². The Hall–Kier alpha value is -3.54. The molecule has 0 bridgehead atoms. The third kappa shape index (κ3) is 3.05. The molecule has 6 heteroatoms. The zero-order valence-electron chi connectivity index (χ0n) is 16.0. The lowest BCUT2D eigenvalue weighted by molar-refractivity contribution is -0.137. The Bertz CT molecular complexity index is 1320. The first-order valence-electron chi connectivity index (χ1n) is 9.50. The van der Waals surface area contributed by atoms with Gasteiger partial charge in [-0.3, -0.25) is 4.98 Å². The summed E-state index contributed by atoms with van der Waals surface area (Å²) in [5.41, 5.74) is 5.36. The SMILES string of the molecule is Cc1ccc(C(F)(F)F)cc1-c1cc(C2=CCc3ncccc32)c2cccnc2n1. The first-order chi connectivity index (χ1) is 14.4. The smallest absolute Gasteiger partial charge is 0.260 e. The van der Waals surface area contributed by atoms with Crippen molar-refractivity contribution in [1.29, 1.82) is 0 Å². The van der Waals surface area contributed by atoms with E-state index in [1.807, 2.05) is 30.3 Å². The molecule has 0 spiro atoms. The molecule has 0 fully saturated rings. The first-order valence-corrected chi connectivity index (χ1v) is 9.50. The number of benzene rings is 1. The lowest BCUT2D eigenvalue weighted by atomic mass is 9.95. The van der Waals surface area contributed by atoms with Crippen LogP contribution in [-0.2, 0) is 12.6 Å². The van der Waals surface area contributed by atoms with Gasteiger partial charge >= 0.3 is 6.18 Å². The molecule has 1 aromatic carbocycles. The molecule has 1 aliphatic rings. The van der Waals surface area contributed by atoms with E-state index < -0.39 is 11.7 Å². The largest absolute Gasteiger partial charge is 0.416 e. The predicted molar refractivity (Wildman–Crippen MR) is 110 cm³/mol. The summed E-state index contributed by atoms with van der Waals surface area (Å²) >= 11 is 0. The second-order valence-electron chi connectivity index (χ2n) is 7.28. The molecule has 0 unspecified atom stereocenters. The Kier molecular flexibility index (Phi) is 4.17.